The molecular formula is C18H19F3N2O4. The zero-order chi connectivity index (χ0) is 20.2. The minimum absolute atomic E-state index is 0.213. The number of aromatic amines is 1. The van der Waals surface area contributed by atoms with Crippen molar-refractivity contribution >= 4 is 17.6 Å². The molecule has 0 bridgehead atoms. The Morgan fingerprint density at radius 2 is 1.81 bits per heavy atom. The molecule has 9 heteroatoms. The molecule has 2 N–H and O–H groups in total. The fraction of sp³-hybridized carbons (Fsp3) is 0.333. The predicted octanol–water partition coefficient (Wildman–Crippen LogP) is 4.21. The molecule has 1 heterocycles. The number of aromatic nitrogens is 1. The standard InChI is InChI=1S/C18H19F3N2O4/c1-4-5-13-14(17(25)26-3)10(2)22-15(13)16(24)23-11-6-8-12(9-7-11)27-18(19,20)21/h6-9,22H,4-5H2,1-3H3,(H,23,24). The number of amides is 1. The van der Waals surface area contributed by atoms with Crippen LogP contribution in [0.15, 0.2) is 24.3 Å². The third-order valence-electron chi connectivity index (χ3n) is 3.75. The Labute approximate surface area is 153 Å². The number of ether oxygens (including phenoxy) is 2. The van der Waals surface area contributed by atoms with Crippen LogP contribution in [0.1, 0.15) is 45.4 Å². The molecule has 0 spiro atoms. The Morgan fingerprint density at radius 3 is 2.33 bits per heavy atom. The van der Waals surface area contributed by atoms with Crippen molar-refractivity contribution in [2.24, 2.45) is 0 Å². The highest BCUT2D eigenvalue weighted by Crippen LogP contribution is 2.25. The Kier molecular flexibility index (Phi) is 6.14. The van der Waals surface area contributed by atoms with Crippen LogP contribution in [0.5, 0.6) is 5.75 Å². The Balaban J connectivity index is 2.24. The van der Waals surface area contributed by atoms with Gasteiger partial charge in [0.2, 0.25) is 0 Å². The summed E-state index contributed by atoms with van der Waals surface area (Å²) in [4.78, 5) is 27.5. The number of hydrogen-bond acceptors (Lipinski definition) is 4. The van der Waals surface area contributed by atoms with E-state index in [0.29, 0.717) is 29.7 Å². The number of hydrogen-bond donors (Lipinski definition) is 2. The van der Waals surface area contributed by atoms with E-state index in [2.05, 4.69) is 15.0 Å². The summed E-state index contributed by atoms with van der Waals surface area (Å²) in [5.41, 5.74) is 1.85. The van der Waals surface area contributed by atoms with Gasteiger partial charge in [-0.25, -0.2) is 4.79 Å². The molecule has 1 aromatic carbocycles. The first-order chi connectivity index (χ1) is 12.7. The number of H-pyrrole nitrogens is 1. The number of halogens is 3. The van der Waals surface area contributed by atoms with Gasteiger partial charge in [-0.2, -0.15) is 0 Å². The van der Waals surface area contributed by atoms with Crippen LogP contribution >= 0.6 is 0 Å². The number of carbonyl (C=O) groups excluding carboxylic acids is 2. The summed E-state index contributed by atoms with van der Waals surface area (Å²) >= 11 is 0. The average Bonchev–Trinajstić information content (AvgIpc) is 2.91. The van der Waals surface area contributed by atoms with Crippen molar-refractivity contribution < 1.29 is 32.2 Å². The molecule has 0 aliphatic carbocycles. The number of alkyl halides is 3. The fourth-order valence-corrected chi connectivity index (χ4v) is 2.68. The maximum absolute atomic E-state index is 12.6. The second-order valence-corrected chi connectivity index (χ2v) is 5.75. The molecule has 0 aliphatic heterocycles. The number of esters is 1. The quantitative estimate of drug-likeness (QED) is 0.731. The topological polar surface area (TPSA) is 80.4 Å². The van der Waals surface area contributed by atoms with Gasteiger partial charge in [0.05, 0.1) is 12.7 Å². The number of methoxy groups -OCH3 is 1. The van der Waals surface area contributed by atoms with Gasteiger partial charge < -0.3 is 19.8 Å². The van der Waals surface area contributed by atoms with Gasteiger partial charge in [-0.05, 0) is 43.2 Å². The molecule has 2 aromatic rings. The number of rotatable bonds is 6. The van der Waals surface area contributed by atoms with Crippen LogP contribution in [0.3, 0.4) is 0 Å². The van der Waals surface area contributed by atoms with Crippen molar-refractivity contribution in [1.29, 1.82) is 0 Å². The molecule has 27 heavy (non-hydrogen) atoms. The van der Waals surface area contributed by atoms with Crippen LogP contribution in [0.4, 0.5) is 18.9 Å². The molecule has 0 atom stereocenters. The number of aryl methyl sites for hydroxylation is 1. The lowest BCUT2D eigenvalue weighted by atomic mass is 10.0. The van der Waals surface area contributed by atoms with Crippen molar-refractivity contribution in [3.05, 3.63) is 46.8 Å². The van der Waals surface area contributed by atoms with Crippen molar-refractivity contribution in [2.75, 3.05) is 12.4 Å². The monoisotopic (exact) mass is 384 g/mol. The van der Waals surface area contributed by atoms with E-state index in [0.717, 1.165) is 12.1 Å². The molecule has 1 amide bonds. The first-order valence-corrected chi connectivity index (χ1v) is 8.13. The molecule has 146 valence electrons. The largest absolute Gasteiger partial charge is 0.573 e. The SMILES string of the molecule is CCCc1c(C(=O)Nc2ccc(OC(F)(F)F)cc2)[nH]c(C)c1C(=O)OC. The molecule has 0 fully saturated rings. The second-order valence-electron chi connectivity index (χ2n) is 5.75. The fourth-order valence-electron chi connectivity index (χ4n) is 2.68. The maximum Gasteiger partial charge on any atom is 0.573 e. The summed E-state index contributed by atoms with van der Waals surface area (Å²) in [7, 11) is 1.26. The molecule has 0 saturated heterocycles. The highest BCUT2D eigenvalue weighted by molar-refractivity contribution is 6.07. The summed E-state index contributed by atoms with van der Waals surface area (Å²) in [6, 6.07) is 4.76. The van der Waals surface area contributed by atoms with E-state index in [9.17, 15) is 22.8 Å². The summed E-state index contributed by atoms with van der Waals surface area (Å²) in [5.74, 6) is -1.45. The van der Waals surface area contributed by atoms with E-state index in [-0.39, 0.29) is 11.4 Å². The maximum atomic E-state index is 12.6. The molecule has 0 saturated carbocycles. The third-order valence-corrected chi connectivity index (χ3v) is 3.75. The van der Waals surface area contributed by atoms with E-state index in [1.165, 1.54) is 19.2 Å². The van der Waals surface area contributed by atoms with Crippen LogP contribution in [0, 0.1) is 6.92 Å². The van der Waals surface area contributed by atoms with Gasteiger partial charge in [-0.1, -0.05) is 13.3 Å². The Bertz CT molecular complexity index is 826. The summed E-state index contributed by atoms with van der Waals surface area (Å²) in [5, 5.41) is 2.59. The van der Waals surface area contributed by atoms with Crippen LogP contribution in [-0.2, 0) is 11.2 Å². The highest BCUT2D eigenvalue weighted by Gasteiger charge is 2.31. The zero-order valence-corrected chi connectivity index (χ0v) is 15.0. The van der Waals surface area contributed by atoms with Crippen molar-refractivity contribution in [3.63, 3.8) is 0 Å². The first kappa shape index (κ1) is 20.3. The molecule has 2 rings (SSSR count). The second kappa shape index (κ2) is 8.15. The number of carbonyl (C=O) groups is 2. The molecule has 0 unspecified atom stereocenters. The van der Waals surface area contributed by atoms with Gasteiger partial charge in [0.1, 0.15) is 11.4 Å². The minimum atomic E-state index is -4.79. The average molecular weight is 384 g/mol. The highest BCUT2D eigenvalue weighted by atomic mass is 19.4. The van der Waals surface area contributed by atoms with Gasteiger partial charge >= 0.3 is 12.3 Å². The Hall–Kier alpha value is -2.97. The van der Waals surface area contributed by atoms with Crippen LogP contribution in [-0.4, -0.2) is 30.3 Å². The van der Waals surface area contributed by atoms with Gasteiger partial charge in [0.25, 0.3) is 5.91 Å². The van der Waals surface area contributed by atoms with Gasteiger partial charge in [-0.15, -0.1) is 13.2 Å². The van der Waals surface area contributed by atoms with Gasteiger partial charge in [-0.3, -0.25) is 4.79 Å². The summed E-state index contributed by atoms with van der Waals surface area (Å²) in [6.07, 6.45) is -3.60. The van der Waals surface area contributed by atoms with Crippen molar-refractivity contribution in [3.8, 4) is 5.75 Å². The van der Waals surface area contributed by atoms with Crippen LogP contribution in [0.25, 0.3) is 0 Å². The molecule has 0 radical (unpaired) electrons. The van der Waals surface area contributed by atoms with Crippen molar-refractivity contribution in [2.45, 2.75) is 33.1 Å². The number of nitrogens with one attached hydrogen (secondary N) is 2. The van der Waals surface area contributed by atoms with E-state index >= 15 is 0 Å². The first-order valence-electron chi connectivity index (χ1n) is 8.13. The molecule has 1 aromatic heterocycles. The normalized spacial score (nSPS) is 11.2. The van der Waals surface area contributed by atoms with Crippen LogP contribution in [0.2, 0.25) is 0 Å². The predicted molar refractivity (Wildman–Crippen MR) is 91.9 cm³/mol. The van der Waals surface area contributed by atoms with E-state index < -0.39 is 24.0 Å². The lowest BCUT2D eigenvalue weighted by molar-refractivity contribution is -0.274. The lowest BCUT2D eigenvalue weighted by Crippen LogP contribution is -2.17. The smallest absolute Gasteiger partial charge is 0.465 e. The van der Waals surface area contributed by atoms with Crippen LogP contribution < -0.4 is 10.1 Å². The summed E-state index contributed by atoms with van der Waals surface area (Å²) in [6.45, 7) is 3.57. The molecule has 0 aliphatic rings. The minimum Gasteiger partial charge on any atom is -0.465 e. The van der Waals surface area contributed by atoms with Gasteiger partial charge in [0.15, 0.2) is 0 Å². The zero-order valence-electron chi connectivity index (χ0n) is 15.0. The number of benzene rings is 1. The molecular weight excluding hydrogens is 365 g/mol. The summed E-state index contributed by atoms with van der Waals surface area (Å²) < 4.78 is 45.1. The number of anilines is 1. The van der Waals surface area contributed by atoms with E-state index in [1.807, 2.05) is 6.92 Å². The van der Waals surface area contributed by atoms with E-state index in [1.54, 1.807) is 6.92 Å². The van der Waals surface area contributed by atoms with Crippen molar-refractivity contribution in [1.82, 2.24) is 4.98 Å². The third kappa shape index (κ3) is 5.02. The lowest BCUT2D eigenvalue weighted by Gasteiger charge is -2.10. The van der Waals surface area contributed by atoms with Gasteiger partial charge in [0, 0.05) is 11.4 Å². The molecule has 6 nitrogen and oxygen atoms in total. The Morgan fingerprint density at radius 1 is 1.19 bits per heavy atom. The van der Waals surface area contributed by atoms with E-state index in [4.69, 9.17) is 4.74 Å².